The monoisotopic (exact) mass is 241 g/mol. The van der Waals surface area contributed by atoms with Crippen LogP contribution in [0.3, 0.4) is 0 Å². The zero-order valence-corrected chi connectivity index (χ0v) is 10.3. The first-order valence-corrected chi connectivity index (χ1v) is 5.83. The van der Waals surface area contributed by atoms with Crippen molar-refractivity contribution in [3.8, 4) is 5.75 Å². The lowest BCUT2D eigenvalue weighted by Crippen LogP contribution is -2.22. The van der Waals surface area contributed by atoms with E-state index in [-0.39, 0.29) is 18.3 Å². The lowest BCUT2D eigenvalue weighted by molar-refractivity contribution is 0.161. The molecule has 0 amide bonds. The molecule has 96 valence electrons. The van der Waals surface area contributed by atoms with Crippen LogP contribution in [0, 0.1) is 5.82 Å². The van der Waals surface area contributed by atoms with Gasteiger partial charge < -0.3 is 15.6 Å². The summed E-state index contributed by atoms with van der Waals surface area (Å²) in [4.78, 5) is 0. The molecule has 0 aliphatic rings. The number of ether oxygens (including phenoxy) is 1. The van der Waals surface area contributed by atoms with Crippen molar-refractivity contribution in [2.45, 2.75) is 31.8 Å². The molecule has 2 atom stereocenters. The summed E-state index contributed by atoms with van der Waals surface area (Å²) >= 11 is 0. The van der Waals surface area contributed by atoms with Crippen molar-refractivity contribution < 1.29 is 14.2 Å². The molecule has 0 aromatic heterocycles. The van der Waals surface area contributed by atoms with Gasteiger partial charge in [0.25, 0.3) is 0 Å². The second-order valence-electron chi connectivity index (χ2n) is 4.12. The molecule has 0 spiro atoms. The second-order valence-corrected chi connectivity index (χ2v) is 4.12. The van der Waals surface area contributed by atoms with Gasteiger partial charge in [-0.1, -0.05) is 6.92 Å². The second kappa shape index (κ2) is 6.57. The van der Waals surface area contributed by atoms with E-state index in [4.69, 9.17) is 10.5 Å². The van der Waals surface area contributed by atoms with Crippen LogP contribution in [0.4, 0.5) is 4.39 Å². The van der Waals surface area contributed by atoms with Gasteiger partial charge >= 0.3 is 0 Å². The molecule has 0 aliphatic heterocycles. The summed E-state index contributed by atoms with van der Waals surface area (Å²) in [5, 5.41) is 9.59. The van der Waals surface area contributed by atoms with Gasteiger partial charge in [0, 0.05) is 12.1 Å². The van der Waals surface area contributed by atoms with Crippen LogP contribution >= 0.6 is 0 Å². The molecule has 1 aromatic carbocycles. The third-order valence-corrected chi connectivity index (χ3v) is 2.95. The molecule has 0 saturated heterocycles. The molecule has 0 radical (unpaired) electrons. The number of rotatable bonds is 6. The molecule has 3 N–H and O–H groups in total. The van der Waals surface area contributed by atoms with E-state index in [2.05, 4.69) is 0 Å². The molecule has 0 fully saturated rings. The van der Waals surface area contributed by atoms with Crippen LogP contribution in [0.2, 0.25) is 0 Å². The lowest BCUT2D eigenvalue weighted by Gasteiger charge is -2.20. The average Bonchev–Trinajstić information content (AvgIpc) is 2.35. The fourth-order valence-electron chi connectivity index (χ4n) is 1.96. The van der Waals surface area contributed by atoms with E-state index in [0.717, 1.165) is 12.0 Å². The highest BCUT2D eigenvalue weighted by molar-refractivity contribution is 5.36. The van der Waals surface area contributed by atoms with Gasteiger partial charge in [0.05, 0.1) is 13.2 Å². The van der Waals surface area contributed by atoms with Crippen molar-refractivity contribution in [2.24, 2.45) is 5.73 Å². The SMILES string of the molecule is CCC(CC(O)CN)c1cc(F)ccc1OC. The highest BCUT2D eigenvalue weighted by Gasteiger charge is 2.18. The van der Waals surface area contributed by atoms with Gasteiger partial charge in [-0.25, -0.2) is 4.39 Å². The highest BCUT2D eigenvalue weighted by Crippen LogP contribution is 2.32. The molecule has 17 heavy (non-hydrogen) atoms. The topological polar surface area (TPSA) is 55.5 Å². The predicted octanol–water partition coefficient (Wildman–Crippen LogP) is 2.04. The van der Waals surface area contributed by atoms with Gasteiger partial charge in [0.2, 0.25) is 0 Å². The molecule has 4 heteroatoms. The minimum Gasteiger partial charge on any atom is -0.496 e. The fourth-order valence-corrected chi connectivity index (χ4v) is 1.96. The number of methoxy groups -OCH3 is 1. The van der Waals surface area contributed by atoms with Crippen LogP contribution in [0.25, 0.3) is 0 Å². The summed E-state index contributed by atoms with van der Waals surface area (Å²) in [6.07, 6.45) is 0.761. The number of benzene rings is 1. The molecular formula is C13H20FNO2. The summed E-state index contributed by atoms with van der Waals surface area (Å²) in [6.45, 7) is 2.21. The largest absolute Gasteiger partial charge is 0.496 e. The Morgan fingerprint density at radius 1 is 1.47 bits per heavy atom. The van der Waals surface area contributed by atoms with Gasteiger partial charge in [-0.3, -0.25) is 0 Å². The first-order valence-electron chi connectivity index (χ1n) is 5.83. The lowest BCUT2D eigenvalue weighted by atomic mass is 9.90. The Kier molecular flexibility index (Phi) is 5.38. The van der Waals surface area contributed by atoms with Gasteiger partial charge in [-0.05, 0) is 37.0 Å². The van der Waals surface area contributed by atoms with E-state index in [0.29, 0.717) is 12.2 Å². The van der Waals surface area contributed by atoms with Crippen LogP contribution in [0.1, 0.15) is 31.2 Å². The number of hydrogen-bond acceptors (Lipinski definition) is 3. The fraction of sp³-hybridized carbons (Fsp3) is 0.538. The van der Waals surface area contributed by atoms with Crippen molar-refractivity contribution >= 4 is 0 Å². The predicted molar refractivity (Wildman–Crippen MR) is 65.7 cm³/mol. The number of aliphatic hydroxyl groups is 1. The molecule has 1 rings (SSSR count). The molecule has 0 bridgehead atoms. The Labute approximate surface area is 101 Å². The maximum atomic E-state index is 13.3. The summed E-state index contributed by atoms with van der Waals surface area (Å²) in [6, 6.07) is 4.45. The molecule has 0 saturated carbocycles. The van der Waals surface area contributed by atoms with E-state index >= 15 is 0 Å². The van der Waals surface area contributed by atoms with Crippen LogP contribution in [0.5, 0.6) is 5.75 Å². The summed E-state index contributed by atoms with van der Waals surface area (Å²) in [5.41, 5.74) is 6.19. The first-order chi connectivity index (χ1) is 8.12. The van der Waals surface area contributed by atoms with Crippen molar-refractivity contribution in [1.82, 2.24) is 0 Å². The normalized spacial score (nSPS) is 14.4. The number of hydrogen-bond donors (Lipinski definition) is 2. The number of aliphatic hydroxyl groups excluding tert-OH is 1. The maximum absolute atomic E-state index is 13.3. The average molecular weight is 241 g/mol. The van der Waals surface area contributed by atoms with Crippen LogP contribution in [-0.4, -0.2) is 24.9 Å². The number of halogens is 1. The summed E-state index contributed by atoms with van der Waals surface area (Å²) in [5.74, 6) is 0.420. The van der Waals surface area contributed by atoms with Crippen molar-refractivity contribution in [2.75, 3.05) is 13.7 Å². The molecule has 3 nitrogen and oxygen atoms in total. The van der Waals surface area contributed by atoms with Crippen molar-refractivity contribution in [3.05, 3.63) is 29.6 Å². The summed E-state index contributed by atoms with van der Waals surface area (Å²) < 4.78 is 18.5. The smallest absolute Gasteiger partial charge is 0.123 e. The van der Waals surface area contributed by atoms with E-state index in [1.54, 1.807) is 13.2 Å². The third kappa shape index (κ3) is 3.68. The van der Waals surface area contributed by atoms with E-state index in [9.17, 15) is 9.50 Å². The van der Waals surface area contributed by atoms with E-state index < -0.39 is 6.10 Å². The van der Waals surface area contributed by atoms with Crippen LogP contribution < -0.4 is 10.5 Å². The quantitative estimate of drug-likeness (QED) is 0.801. The highest BCUT2D eigenvalue weighted by atomic mass is 19.1. The molecule has 0 aliphatic carbocycles. The maximum Gasteiger partial charge on any atom is 0.123 e. The molecular weight excluding hydrogens is 221 g/mol. The Morgan fingerprint density at radius 2 is 2.18 bits per heavy atom. The van der Waals surface area contributed by atoms with Gasteiger partial charge in [0.1, 0.15) is 11.6 Å². The standard InChI is InChI=1S/C13H20FNO2/c1-3-9(6-11(16)8-15)12-7-10(14)4-5-13(12)17-2/h4-5,7,9,11,16H,3,6,8,15H2,1-2H3. The zero-order valence-electron chi connectivity index (χ0n) is 10.3. The van der Waals surface area contributed by atoms with Crippen LogP contribution in [-0.2, 0) is 0 Å². The van der Waals surface area contributed by atoms with Gasteiger partial charge in [0.15, 0.2) is 0 Å². The third-order valence-electron chi connectivity index (χ3n) is 2.95. The van der Waals surface area contributed by atoms with Crippen molar-refractivity contribution in [1.29, 1.82) is 0 Å². The molecule has 2 unspecified atom stereocenters. The van der Waals surface area contributed by atoms with Crippen LogP contribution in [0.15, 0.2) is 18.2 Å². The number of nitrogens with two attached hydrogens (primary N) is 1. The van der Waals surface area contributed by atoms with Gasteiger partial charge in [-0.15, -0.1) is 0 Å². The zero-order chi connectivity index (χ0) is 12.8. The minimum absolute atomic E-state index is 0.0548. The van der Waals surface area contributed by atoms with E-state index in [1.807, 2.05) is 6.92 Å². The van der Waals surface area contributed by atoms with Gasteiger partial charge in [-0.2, -0.15) is 0 Å². The Hall–Kier alpha value is -1.13. The van der Waals surface area contributed by atoms with E-state index in [1.165, 1.54) is 12.1 Å². The molecule has 0 heterocycles. The Bertz CT molecular complexity index is 357. The van der Waals surface area contributed by atoms with Crippen molar-refractivity contribution in [3.63, 3.8) is 0 Å². The minimum atomic E-state index is -0.562. The Morgan fingerprint density at radius 3 is 2.71 bits per heavy atom. The summed E-state index contributed by atoms with van der Waals surface area (Å²) in [7, 11) is 1.56. The Balaban J connectivity index is 2.97. The first kappa shape index (κ1) is 13.9. The molecule has 1 aromatic rings.